The summed E-state index contributed by atoms with van der Waals surface area (Å²) in [4.78, 5) is 28.0. The van der Waals surface area contributed by atoms with Gasteiger partial charge >= 0.3 is 0 Å². The van der Waals surface area contributed by atoms with E-state index in [1.807, 2.05) is 57.2 Å². The third kappa shape index (κ3) is 2.45. The van der Waals surface area contributed by atoms with Crippen molar-refractivity contribution in [1.82, 2.24) is 4.90 Å². The molecule has 3 aromatic rings. The molecule has 1 amide bonds. The molecule has 0 radical (unpaired) electrons. The normalized spacial score (nSPS) is 16.3. The Morgan fingerprint density at radius 2 is 1.69 bits per heavy atom. The SMILES string of the molecule is CCCN1C(=O)c2oc3ccc(C)cc3c(=O)c2[C@H]1c1ccc(C)cc1. The number of carbonyl (C=O) groups is 1. The Morgan fingerprint density at radius 3 is 2.38 bits per heavy atom. The number of rotatable bonds is 3. The van der Waals surface area contributed by atoms with Crippen LogP contribution in [0.4, 0.5) is 0 Å². The summed E-state index contributed by atoms with van der Waals surface area (Å²) in [6, 6.07) is 13.1. The molecule has 4 heteroatoms. The average molecular weight is 347 g/mol. The highest BCUT2D eigenvalue weighted by molar-refractivity contribution is 5.99. The Hall–Kier alpha value is -2.88. The molecule has 0 fully saturated rings. The van der Waals surface area contributed by atoms with E-state index in [2.05, 4.69) is 0 Å². The molecule has 4 nitrogen and oxygen atoms in total. The fourth-order valence-electron chi connectivity index (χ4n) is 3.70. The number of nitrogens with zero attached hydrogens (tertiary/aromatic N) is 1. The van der Waals surface area contributed by atoms with Crippen LogP contribution in [0.3, 0.4) is 0 Å². The van der Waals surface area contributed by atoms with E-state index in [1.54, 1.807) is 11.0 Å². The Balaban J connectivity index is 2.01. The minimum atomic E-state index is -0.390. The molecular formula is C22H21NO3. The summed E-state index contributed by atoms with van der Waals surface area (Å²) < 4.78 is 5.91. The Kier molecular flexibility index (Phi) is 3.91. The molecule has 0 saturated carbocycles. The van der Waals surface area contributed by atoms with Crippen molar-refractivity contribution in [2.75, 3.05) is 6.54 Å². The van der Waals surface area contributed by atoms with Gasteiger partial charge in [-0.2, -0.15) is 0 Å². The molecule has 132 valence electrons. The quantitative estimate of drug-likeness (QED) is 0.707. The predicted octanol–water partition coefficient (Wildman–Crippen LogP) is 4.37. The fourth-order valence-corrected chi connectivity index (χ4v) is 3.70. The molecule has 4 rings (SSSR count). The number of hydrogen-bond acceptors (Lipinski definition) is 3. The topological polar surface area (TPSA) is 50.5 Å². The standard InChI is InChI=1S/C22H21NO3/c1-4-11-23-19(15-8-5-13(2)6-9-15)18-20(24)16-12-14(3)7-10-17(16)26-21(18)22(23)25/h5-10,12,19H,4,11H2,1-3H3/t19-/m1/s1. The van der Waals surface area contributed by atoms with E-state index in [4.69, 9.17) is 4.42 Å². The van der Waals surface area contributed by atoms with Crippen molar-refractivity contribution >= 4 is 16.9 Å². The zero-order valence-corrected chi connectivity index (χ0v) is 15.2. The highest BCUT2D eigenvalue weighted by Gasteiger charge is 2.42. The van der Waals surface area contributed by atoms with Crippen LogP contribution in [0.25, 0.3) is 11.0 Å². The molecule has 1 aliphatic heterocycles. The molecule has 1 atom stereocenters. The molecule has 1 aromatic heterocycles. The van der Waals surface area contributed by atoms with Crippen LogP contribution in [-0.2, 0) is 0 Å². The maximum absolute atomic E-state index is 13.3. The summed E-state index contributed by atoms with van der Waals surface area (Å²) in [5.74, 6) is -0.0163. The molecule has 0 bridgehead atoms. The number of fused-ring (bicyclic) bond motifs is 2. The minimum Gasteiger partial charge on any atom is -0.450 e. The third-order valence-corrected chi connectivity index (χ3v) is 4.98. The van der Waals surface area contributed by atoms with Crippen molar-refractivity contribution in [3.63, 3.8) is 0 Å². The Morgan fingerprint density at radius 1 is 1.00 bits per heavy atom. The van der Waals surface area contributed by atoms with Crippen molar-refractivity contribution in [2.45, 2.75) is 33.2 Å². The van der Waals surface area contributed by atoms with Gasteiger partial charge in [0.15, 0.2) is 5.43 Å². The van der Waals surface area contributed by atoms with E-state index in [0.29, 0.717) is 23.1 Å². The number of amides is 1. The van der Waals surface area contributed by atoms with E-state index in [-0.39, 0.29) is 23.1 Å². The first kappa shape index (κ1) is 16.6. The average Bonchev–Trinajstić information content (AvgIpc) is 2.90. The van der Waals surface area contributed by atoms with Crippen LogP contribution in [-0.4, -0.2) is 17.4 Å². The Labute approximate surface area is 152 Å². The maximum Gasteiger partial charge on any atom is 0.290 e. The summed E-state index contributed by atoms with van der Waals surface area (Å²) >= 11 is 0. The maximum atomic E-state index is 13.3. The van der Waals surface area contributed by atoms with Gasteiger partial charge in [0.2, 0.25) is 5.76 Å². The van der Waals surface area contributed by atoms with Gasteiger partial charge in [0.1, 0.15) is 5.58 Å². The third-order valence-electron chi connectivity index (χ3n) is 4.98. The number of aryl methyl sites for hydroxylation is 2. The van der Waals surface area contributed by atoms with Gasteiger partial charge in [-0.15, -0.1) is 0 Å². The van der Waals surface area contributed by atoms with Crippen LogP contribution < -0.4 is 5.43 Å². The molecule has 26 heavy (non-hydrogen) atoms. The predicted molar refractivity (Wildman–Crippen MR) is 102 cm³/mol. The van der Waals surface area contributed by atoms with Gasteiger partial charge < -0.3 is 9.32 Å². The van der Waals surface area contributed by atoms with Crippen LogP contribution in [0, 0.1) is 13.8 Å². The molecule has 0 N–H and O–H groups in total. The van der Waals surface area contributed by atoms with E-state index < -0.39 is 0 Å². The lowest BCUT2D eigenvalue weighted by Gasteiger charge is -2.24. The monoisotopic (exact) mass is 347 g/mol. The van der Waals surface area contributed by atoms with Gasteiger partial charge in [-0.3, -0.25) is 9.59 Å². The molecule has 0 unspecified atom stereocenters. The smallest absolute Gasteiger partial charge is 0.290 e. The molecular weight excluding hydrogens is 326 g/mol. The zero-order valence-electron chi connectivity index (χ0n) is 15.2. The summed E-state index contributed by atoms with van der Waals surface area (Å²) in [6.45, 7) is 6.57. The van der Waals surface area contributed by atoms with E-state index in [9.17, 15) is 9.59 Å². The highest BCUT2D eigenvalue weighted by atomic mass is 16.3. The van der Waals surface area contributed by atoms with Crippen molar-refractivity contribution in [3.8, 4) is 0 Å². The molecule has 1 aliphatic rings. The van der Waals surface area contributed by atoms with E-state index in [1.165, 1.54) is 0 Å². The van der Waals surface area contributed by atoms with E-state index in [0.717, 1.165) is 23.1 Å². The van der Waals surface area contributed by atoms with Crippen molar-refractivity contribution in [3.05, 3.63) is 80.7 Å². The largest absolute Gasteiger partial charge is 0.450 e. The molecule has 2 aromatic carbocycles. The minimum absolute atomic E-state index is 0.109. The second-order valence-electron chi connectivity index (χ2n) is 6.99. The molecule has 0 saturated heterocycles. The van der Waals surface area contributed by atoms with Crippen molar-refractivity contribution < 1.29 is 9.21 Å². The Bertz CT molecular complexity index is 1060. The lowest BCUT2D eigenvalue weighted by atomic mass is 9.97. The second-order valence-corrected chi connectivity index (χ2v) is 6.99. The molecule has 0 spiro atoms. The first-order valence-electron chi connectivity index (χ1n) is 8.96. The first-order valence-corrected chi connectivity index (χ1v) is 8.96. The van der Waals surface area contributed by atoms with Gasteiger partial charge in [0, 0.05) is 6.54 Å². The van der Waals surface area contributed by atoms with Crippen LogP contribution in [0.1, 0.15) is 52.2 Å². The van der Waals surface area contributed by atoms with Gasteiger partial charge in [-0.1, -0.05) is 48.4 Å². The van der Waals surface area contributed by atoms with Crippen LogP contribution in [0.5, 0.6) is 0 Å². The molecule has 0 aliphatic carbocycles. The zero-order chi connectivity index (χ0) is 18.4. The van der Waals surface area contributed by atoms with Gasteiger partial charge in [0.05, 0.1) is 17.0 Å². The van der Waals surface area contributed by atoms with Crippen LogP contribution in [0.2, 0.25) is 0 Å². The summed E-state index contributed by atoms with van der Waals surface area (Å²) in [6.07, 6.45) is 0.814. The second kappa shape index (κ2) is 6.13. The number of hydrogen-bond donors (Lipinski definition) is 0. The van der Waals surface area contributed by atoms with Crippen LogP contribution >= 0.6 is 0 Å². The summed E-state index contributed by atoms with van der Waals surface area (Å²) in [7, 11) is 0. The van der Waals surface area contributed by atoms with Gasteiger partial charge in [-0.25, -0.2) is 0 Å². The summed E-state index contributed by atoms with van der Waals surface area (Å²) in [5, 5.41) is 0.534. The van der Waals surface area contributed by atoms with E-state index >= 15 is 0 Å². The van der Waals surface area contributed by atoms with Gasteiger partial charge in [0.25, 0.3) is 5.91 Å². The first-order chi connectivity index (χ1) is 12.5. The number of benzene rings is 2. The van der Waals surface area contributed by atoms with Crippen LogP contribution in [0.15, 0.2) is 51.7 Å². The molecule has 2 heterocycles. The van der Waals surface area contributed by atoms with Gasteiger partial charge in [-0.05, 0) is 38.0 Å². The lowest BCUT2D eigenvalue weighted by Crippen LogP contribution is -2.30. The fraction of sp³-hybridized carbons (Fsp3) is 0.273. The summed E-state index contributed by atoms with van der Waals surface area (Å²) in [5.41, 5.74) is 3.89. The number of carbonyl (C=O) groups excluding carboxylic acids is 1. The van der Waals surface area contributed by atoms with Crippen molar-refractivity contribution in [1.29, 1.82) is 0 Å². The lowest BCUT2D eigenvalue weighted by molar-refractivity contribution is 0.0728. The van der Waals surface area contributed by atoms with Crippen molar-refractivity contribution in [2.24, 2.45) is 0 Å². The highest BCUT2D eigenvalue weighted by Crippen LogP contribution is 2.38.